The largest absolute Gasteiger partial charge is 0.478 e. The monoisotopic (exact) mass is 385 g/mol. The van der Waals surface area contributed by atoms with Crippen LogP contribution < -0.4 is 5.32 Å². The molecule has 2 aromatic rings. The van der Waals surface area contributed by atoms with E-state index in [-0.39, 0.29) is 24.1 Å². The van der Waals surface area contributed by atoms with Gasteiger partial charge in [0.2, 0.25) is 5.91 Å². The molecule has 1 amide bonds. The number of aromatic carboxylic acids is 1. The van der Waals surface area contributed by atoms with E-state index < -0.39 is 23.4 Å². The molecule has 10 heteroatoms. The predicted octanol–water partition coefficient (Wildman–Crippen LogP) is 3.34. The van der Waals surface area contributed by atoms with Crippen LogP contribution in [0, 0.1) is 0 Å². The minimum Gasteiger partial charge on any atom is -0.478 e. The maximum absolute atomic E-state index is 13.2. The first-order valence-corrected chi connectivity index (χ1v) is 7.95. The van der Waals surface area contributed by atoms with Gasteiger partial charge in [-0.25, -0.2) is 9.48 Å². The first-order chi connectivity index (χ1) is 12.6. The van der Waals surface area contributed by atoms with E-state index in [9.17, 15) is 22.8 Å². The van der Waals surface area contributed by atoms with Gasteiger partial charge in [-0.1, -0.05) is 0 Å². The summed E-state index contributed by atoms with van der Waals surface area (Å²) in [4.78, 5) is 22.9. The topological polar surface area (TPSA) is 93.5 Å². The number of methoxy groups -OCH3 is 1. The van der Waals surface area contributed by atoms with E-state index in [0.29, 0.717) is 23.0 Å². The average Bonchev–Trinajstić information content (AvgIpc) is 3.06. The number of nitrogens with one attached hydrogen (secondary N) is 1. The summed E-state index contributed by atoms with van der Waals surface area (Å²) < 4.78 is 45.2. The molecule has 146 valence electrons. The smallest absolute Gasteiger partial charge is 0.434 e. The number of amides is 1. The lowest BCUT2D eigenvalue weighted by atomic mass is 10.2. The highest BCUT2D eigenvalue weighted by molar-refractivity contribution is 5.91. The van der Waals surface area contributed by atoms with Crippen LogP contribution in [0.2, 0.25) is 0 Å². The number of halogens is 3. The third kappa shape index (κ3) is 5.07. The molecule has 0 aliphatic carbocycles. The molecule has 1 unspecified atom stereocenters. The highest BCUT2D eigenvalue weighted by atomic mass is 19.4. The summed E-state index contributed by atoms with van der Waals surface area (Å²) in [5.41, 5.74) is -1.90. The molecule has 0 aliphatic heterocycles. The van der Waals surface area contributed by atoms with Crippen LogP contribution in [0.1, 0.15) is 35.8 Å². The number of aromatic nitrogens is 2. The molecule has 1 heterocycles. The Morgan fingerprint density at radius 3 is 2.44 bits per heavy atom. The van der Waals surface area contributed by atoms with Gasteiger partial charge < -0.3 is 15.2 Å². The summed E-state index contributed by atoms with van der Waals surface area (Å²) in [6.07, 6.45) is -3.55. The van der Waals surface area contributed by atoms with Gasteiger partial charge in [0.15, 0.2) is 5.69 Å². The van der Waals surface area contributed by atoms with E-state index in [4.69, 9.17) is 9.84 Å². The Labute approximate surface area is 152 Å². The number of anilines is 1. The van der Waals surface area contributed by atoms with Crippen LogP contribution in [-0.2, 0) is 15.7 Å². The number of nitrogens with zero attached hydrogens (tertiary/aromatic N) is 2. The molecule has 7 nitrogen and oxygen atoms in total. The van der Waals surface area contributed by atoms with Crippen molar-refractivity contribution in [3.63, 3.8) is 0 Å². The Morgan fingerprint density at radius 1 is 1.30 bits per heavy atom. The summed E-state index contributed by atoms with van der Waals surface area (Å²) in [6.45, 7) is 1.83. The van der Waals surface area contributed by atoms with Gasteiger partial charge in [-0.05, 0) is 37.6 Å². The molecule has 0 saturated carbocycles. The number of ether oxygens (including phenoxy) is 1. The highest BCUT2D eigenvalue weighted by Crippen LogP contribution is 2.33. The zero-order valence-electron chi connectivity index (χ0n) is 14.6. The molecule has 0 radical (unpaired) electrons. The van der Waals surface area contributed by atoms with Crippen LogP contribution in [0.3, 0.4) is 0 Å². The van der Waals surface area contributed by atoms with Gasteiger partial charge in [-0.15, -0.1) is 0 Å². The maximum atomic E-state index is 13.2. The summed E-state index contributed by atoms with van der Waals surface area (Å²) in [5.74, 6) is -1.97. The highest BCUT2D eigenvalue weighted by Gasteiger charge is 2.40. The molecule has 2 rings (SSSR count). The molecule has 1 atom stereocenters. The van der Waals surface area contributed by atoms with Crippen molar-refractivity contribution in [2.24, 2.45) is 0 Å². The van der Waals surface area contributed by atoms with Crippen molar-refractivity contribution in [3.05, 3.63) is 41.7 Å². The van der Waals surface area contributed by atoms with Gasteiger partial charge in [0, 0.05) is 19.2 Å². The summed E-state index contributed by atoms with van der Waals surface area (Å²) in [7, 11) is 1.54. The van der Waals surface area contributed by atoms with Crippen molar-refractivity contribution >= 4 is 17.6 Å². The second kappa shape index (κ2) is 8.21. The maximum Gasteiger partial charge on any atom is 0.434 e. The molecular formula is C17H18F3N3O4. The molecule has 27 heavy (non-hydrogen) atoms. The fraction of sp³-hybridized carbons (Fsp3) is 0.353. The number of rotatable bonds is 7. The second-order valence-corrected chi connectivity index (χ2v) is 5.80. The molecule has 0 bridgehead atoms. The van der Waals surface area contributed by atoms with Crippen LogP contribution >= 0.6 is 0 Å². The Balaban J connectivity index is 2.19. The van der Waals surface area contributed by atoms with E-state index in [1.54, 1.807) is 7.11 Å². The first-order valence-electron chi connectivity index (χ1n) is 7.95. The van der Waals surface area contributed by atoms with Gasteiger partial charge in [-0.3, -0.25) is 4.79 Å². The van der Waals surface area contributed by atoms with Crippen LogP contribution in [-0.4, -0.2) is 40.0 Å². The van der Waals surface area contributed by atoms with E-state index in [0.717, 1.165) is 0 Å². The van der Waals surface area contributed by atoms with Crippen molar-refractivity contribution in [2.45, 2.75) is 32.0 Å². The molecule has 1 aromatic carbocycles. The normalized spacial score (nSPS) is 12.6. The number of hydrogen-bond donors (Lipinski definition) is 2. The van der Waals surface area contributed by atoms with Crippen LogP contribution in [0.5, 0.6) is 0 Å². The van der Waals surface area contributed by atoms with Gasteiger partial charge in [0.25, 0.3) is 0 Å². The third-order valence-corrected chi connectivity index (χ3v) is 3.84. The number of alkyl halides is 3. The molecule has 0 aliphatic rings. The summed E-state index contributed by atoms with van der Waals surface area (Å²) in [6, 6.07) is 5.44. The van der Waals surface area contributed by atoms with Gasteiger partial charge in [0.05, 0.1) is 18.0 Å². The van der Waals surface area contributed by atoms with Gasteiger partial charge >= 0.3 is 12.1 Å². The zero-order valence-corrected chi connectivity index (χ0v) is 14.6. The number of carboxylic acids is 1. The molecule has 0 saturated heterocycles. The molecule has 2 N–H and O–H groups in total. The number of hydrogen-bond acceptors (Lipinski definition) is 4. The van der Waals surface area contributed by atoms with Crippen LogP contribution in [0.4, 0.5) is 18.9 Å². The van der Waals surface area contributed by atoms with Crippen molar-refractivity contribution < 1.29 is 32.6 Å². The number of carbonyl (C=O) groups is 2. The Morgan fingerprint density at radius 2 is 1.93 bits per heavy atom. The Bertz CT molecular complexity index is 816. The standard InChI is InChI=1S/C17H18F3N3O4/c1-10(27-2)3-8-14(24)22-11-4-6-12(7-5-11)23-15(17(18,19)20)13(9-21-23)16(25)26/h4-7,9-10H,3,8H2,1-2H3,(H,22,24)(H,25,26). The molecular weight excluding hydrogens is 367 g/mol. The van der Waals surface area contributed by atoms with Crippen molar-refractivity contribution in [1.29, 1.82) is 0 Å². The van der Waals surface area contributed by atoms with Crippen molar-refractivity contribution in [3.8, 4) is 5.69 Å². The van der Waals surface area contributed by atoms with Gasteiger partial charge in [0.1, 0.15) is 5.56 Å². The van der Waals surface area contributed by atoms with E-state index in [1.807, 2.05) is 6.92 Å². The minimum atomic E-state index is -4.89. The lowest BCUT2D eigenvalue weighted by Gasteiger charge is -2.12. The van der Waals surface area contributed by atoms with E-state index >= 15 is 0 Å². The number of carboxylic acid groups (broad SMARTS) is 1. The van der Waals surface area contributed by atoms with E-state index in [2.05, 4.69) is 10.4 Å². The molecule has 0 fully saturated rings. The van der Waals surface area contributed by atoms with Crippen LogP contribution in [0.25, 0.3) is 5.69 Å². The summed E-state index contributed by atoms with van der Waals surface area (Å²) in [5, 5.41) is 15.1. The summed E-state index contributed by atoms with van der Waals surface area (Å²) >= 11 is 0. The lowest BCUT2D eigenvalue weighted by molar-refractivity contribution is -0.143. The van der Waals surface area contributed by atoms with Crippen LogP contribution in [0.15, 0.2) is 30.5 Å². The molecule has 1 aromatic heterocycles. The van der Waals surface area contributed by atoms with Crippen molar-refractivity contribution in [1.82, 2.24) is 9.78 Å². The number of benzene rings is 1. The Hall–Kier alpha value is -2.88. The fourth-order valence-electron chi connectivity index (χ4n) is 2.34. The minimum absolute atomic E-state index is 0.0147. The lowest BCUT2D eigenvalue weighted by Crippen LogP contribution is -2.17. The average molecular weight is 385 g/mol. The second-order valence-electron chi connectivity index (χ2n) is 5.80. The third-order valence-electron chi connectivity index (χ3n) is 3.84. The number of carbonyl (C=O) groups excluding carboxylic acids is 1. The zero-order chi connectivity index (χ0) is 20.2. The predicted molar refractivity (Wildman–Crippen MR) is 89.9 cm³/mol. The molecule has 0 spiro atoms. The quantitative estimate of drug-likeness (QED) is 0.763. The Kier molecular flexibility index (Phi) is 6.21. The fourth-order valence-corrected chi connectivity index (χ4v) is 2.34. The SMILES string of the molecule is COC(C)CCC(=O)Nc1ccc(-n2ncc(C(=O)O)c2C(F)(F)F)cc1. The van der Waals surface area contributed by atoms with Gasteiger partial charge in [-0.2, -0.15) is 18.3 Å². The van der Waals surface area contributed by atoms with Crippen molar-refractivity contribution in [2.75, 3.05) is 12.4 Å². The van der Waals surface area contributed by atoms with E-state index in [1.165, 1.54) is 24.3 Å². The first kappa shape index (κ1) is 20.4.